The number of ketones is 1. The van der Waals surface area contributed by atoms with Gasteiger partial charge in [-0.1, -0.05) is 0 Å². The van der Waals surface area contributed by atoms with Gasteiger partial charge in [-0.2, -0.15) is 0 Å². The molecule has 1 heterocycles. The van der Waals surface area contributed by atoms with E-state index in [4.69, 9.17) is 4.74 Å². The summed E-state index contributed by atoms with van der Waals surface area (Å²) in [6.07, 6.45) is 0. The van der Waals surface area contributed by atoms with Gasteiger partial charge in [-0.05, 0) is 30.7 Å². The van der Waals surface area contributed by atoms with Crippen molar-refractivity contribution in [1.82, 2.24) is 4.98 Å². The summed E-state index contributed by atoms with van der Waals surface area (Å²) in [4.78, 5) is 27.9. The zero-order chi connectivity index (χ0) is 15.6. The number of hydrogen-bond donors (Lipinski definition) is 0. The third kappa shape index (κ3) is 2.95. The van der Waals surface area contributed by atoms with Gasteiger partial charge < -0.3 is 9.47 Å². The number of ether oxygens (including phenoxy) is 2. The number of aromatic nitrogens is 1. The van der Waals surface area contributed by atoms with Crippen molar-refractivity contribution in [2.24, 2.45) is 0 Å². The molecule has 1 aromatic carbocycles. The van der Waals surface area contributed by atoms with Gasteiger partial charge in [-0.25, -0.2) is 9.78 Å². The normalized spacial score (nSPS) is 10.3. The van der Waals surface area contributed by atoms with Gasteiger partial charge in [0.1, 0.15) is 15.6 Å². The maximum Gasteiger partial charge on any atom is 0.358 e. The highest BCUT2D eigenvalue weighted by Crippen LogP contribution is 2.31. The molecule has 0 spiro atoms. The average Bonchev–Trinajstić information content (AvgIpc) is 2.91. The molecule has 2 aromatic rings. The van der Waals surface area contributed by atoms with Crippen molar-refractivity contribution in [2.45, 2.75) is 13.8 Å². The van der Waals surface area contributed by atoms with Gasteiger partial charge in [-0.3, -0.25) is 4.79 Å². The third-order valence-electron chi connectivity index (χ3n) is 2.97. The number of nitrogens with zero attached hydrogens (tertiary/aromatic N) is 1. The second-order valence-corrected chi connectivity index (χ2v) is 5.43. The third-order valence-corrected chi connectivity index (χ3v) is 4.17. The lowest BCUT2D eigenvalue weighted by molar-refractivity contribution is 0.0591. The van der Waals surface area contributed by atoms with E-state index in [1.807, 2.05) is 25.1 Å². The molecule has 0 amide bonds. The van der Waals surface area contributed by atoms with E-state index in [0.29, 0.717) is 9.88 Å². The Kier molecular flexibility index (Phi) is 4.37. The maximum atomic E-state index is 11.7. The van der Waals surface area contributed by atoms with Crippen LogP contribution in [0.2, 0.25) is 0 Å². The van der Waals surface area contributed by atoms with Gasteiger partial charge in [-0.15, -0.1) is 11.3 Å². The lowest BCUT2D eigenvalue weighted by Gasteiger charge is -2.05. The fourth-order valence-electron chi connectivity index (χ4n) is 1.93. The van der Waals surface area contributed by atoms with Crippen LogP contribution in [0.4, 0.5) is 0 Å². The van der Waals surface area contributed by atoms with Crippen molar-refractivity contribution in [3.05, 3.63) is 34.3 Å². The molecular formula is C15H15NO4S. The molecule has 5 nitrogen and oxygen atoms in total. The molecule has 0 saturated carbocycles. The van der Waals surface area contributed by atoms with Crippen LogP contribution >= 0.6 is 11.3 Å². The van der Waals surface area contributed by atoms with Crippen LogP contribution in [0.1, 0.15) is 32.6 Å². The average molecular weight is 305 g/mol. The first-order valence-corrected chi connectivity index (χ1v) is 7.04. The Morgan fingerprint density at radius 3 is 2.48 bits per heavy atom. The molecule has 0 aliphatic rings. The van der Waals surface area contributed by atoms with Crippen LogP contribution in [0.25, 0.3) is 10.6 Å². The quantitative estimate of drug-likeness (QED) is 0.641. The van der Waals surface area contributed by atoms with Gasteiger partial charge in [0.25, 0.3) is 0 Å². The van der Waals surface area contributed by atoms with Gasteiger partial charge in [0.2, 0.25) is 0 Å². The van der Waals surface area contributed by atoms with Crippen molar-refractivity contribution in [3.63, 3.8) is 0 Å². The first kappa shape index (κ1) is 15.2. The van der Waals surface area contributed by atoms with Crippen LogP contribution in [0.5, 0.6) is 5.75 Å². The number of rotatable bonds is 4. The summed E-state index contributed by atoms with van der Waals surface area (Å²) in [6, 6.07) is 5.58. The predicted octanol–water partition coefficient (Wildman–Crippen LogP) is 3.12. The molecule has 0 fully saturated rings. The van der Waals surface area contributed by atoms with Crippen LogP contribution in [0.3, 0.4) is 0 Å². The van der Waals surface area contributed by atoms with E-state index in [-0.39, 0.29) is 11.5 Å². The molecule has 0 N–H and O–H groups in total. The largest absolute Gasteiger partial charge is 0.496 e. The van der Waals surface area contributed by atoms with Crippen LogP contribution in [-0.4, -0.2) is 31.0 Å². The van der Waals surface area contributed by atoms with E-state index >= 15 is 0 Å². The summed E-state index contributed by atoms with van der Waals surface area (Å²) in [5.74, 6) is -0.0346. The van der Waals surface area contributed by atoms with Crippen LogP contribution in [-0.2, 0) is 4.74 Å². The van der Waals surface area contributed by atoms with Gasteiger partial charge in [0, 0.05) is 12.5 Å². The van der Waals surface area contributed by atoms with E-state index in [1.165, 1.54) is 25.4 Å². The molecule has 0 aliphatic heterocycles. The lowest BCUT2D eigenvalue weighted by Crippen LogP contribution is -2.06. The Morgan fingerprint density at radius 1 is 1.24 bits per heavy atom. The predicted molar refractivity (Wildman–Crippen MR) is 80.2 cm³/mol. The zero-order valence-corrected chi connectivity index (χ0v) is 13.0. The SMILES string of the molecule is COC(=O)c1nc(-c2ccc(OC)c(C)c2)sc1C(C)=O. The van der Waals surface area contributed by atoms with Crippen LogP contribution < -0.4 is 4.74 Å². The maximum absolute atomic E-state index is 11.7. The van der Waals surface area contributed by atoms with Crippen molar-refractivity contribution in [2.75, 3.05) is 14.2 Å². The highest BCUT2D eigenvalue weighted by atomic mass is 32.1. The summed E-state index contributed by atoms with van der Waals surface area (Å²) in [6.45, 7) is 3.33. The van der Waals surface area contributed by atoms with Crippen molar-refractivity contribution < 1.29 is 19.1 Å². The van der Waals surface area contributed by atoms with Crippen LogP contribution in [0, 0.1) is 6.92 Å². The second-order valence-electron chi connectivity index (χ2n) is 4.43. The number of thiazole rings is 1. The summed E-state index contributed by atoms with van der Waals surface area (Å²) in [5.41, 5.74) is 1.85. The highest BCUT2D eigenvalue weighted by Gasteiger charge is 2.22. The number of benzene rings is 1. The molecule has 6 heteroatoms. The van der Waals surface area contributed by atoms with E-state index in [1.54, 1.807) is 7.11 Å². The van der Waals surface area contributed by atoms with Crippen LogP contribution in [0.15, 0.2) is 18.2 Å². The Morgan fingerprint density at radius 2 is 1.95 bits per heavy atom. The fraction of sp³-hybridized carbons (Fsp3) is 0.267. The summed E-state index contributed by atoms with van der Waals surface area (Å²) in [5, 5.41) is 0.603. The van der Waals surface area contributed by atoms with Gasteiger partial charge in [0.05, 0.1) is 14.2 Å². The number of hydrogen-bond acceptors (Lipinski definition) is 6. The first-order chi connectivity index (χ1) is 9.97. The Balaban J connectivity index is 2.52. The van der Waals surface area contributed by atoms with Crippen molar-refractivity contribution in [1.29, 1.82) is 0 Å². The molecule has 0 bridgehead atoms. The fourth-order valence-corrected chi connectivity index (χ4v) is 2.87. The molecule has 110 valence electrons. The number of methoxy groups -OCH3 is 2. The molecule has 0 saturated heterocycles. The number of carbonyl (C=O) groups excluding carboxylic acids is 2. The number of carbonyl (C=O) groups is 2. The van der Waals surface area contributed by atoms with E-state index in [0.717, 1.165) is 16.9 Å². The molecule has 1 aromatic heterocycles. The minimum absolute atomic E-state index is 0.0680. The zero-order valence-electron chi connectivity index (χ0n) is 12.2. The minimum Gasteiger partial charge on any atom is -0.496 e. The minimum atomic E-state index is -0.604. The Labute approximate surface area is 126 Å². The molecule has 0 radical (unpaired) electrons. The van der Waals surface area contributed by atoms with Gasteiger partial charge in [0.15, 0.2) is 11.5 Å². The van der Waals surface area contributed by atoms with E-state index in [9.17, 15) is 9.59 Å². The van der Waals surface area contributed by atoms with Gasteiger partial charge >= 0.3 is 5.97 Å². The number of esters is 1. The van der Waals surface area contributed by atoms with Crippen molar-refractivity contribution >= 4 is 23.1 Å². The molecular weight excluding hydrogens is 290 g/mol. The van der Waals surface area contributed by atoms with Crippen molar-refractivity contribution in [3.8, 4) is 16.3 Å². The smallest absolute Gasteiger partial charge is 0.358 e. The molecule has 0 aliphatic carbocycles. The highest BCUT2D eigenvalue weighted by molar-refractivity contribution is 7.17. The number of Topliss-reactive ketones (excluding diaryl/α,β-unsaturated/α-hetero) is 1. The Bertz CT molecular complexity index is 706. The standard InChI is InChI=1S/C15H15NO4S/c1-8-7-10(5-6-11(8)19-3)14-16-12(15(18)20-4)13(21-14)9(2)17/h5-7H,1-4H3. The molecule has 0 unspecified atom stereocenters. The topological polar surface area (TPSA) is 65.5 Å². The number of aryl methyl sites for hydroxylation is 1. The molecule has 2 rings (SSSR count). The van der Waals surface area contributed by atoms with E-state index in [2.05, 4.69) is 9.72 Å². The monoisotopic (exact) mass is 305 g/mol. The Hall–Kier alpha value is -2.21. The first-order valence-electron chi connectivity index (χ1n) is 6.23. The lowest BCUT2D eigenvalue weighted by atomic mass is 10.1. The molecule has 0 atom stereocenters. The second kappa shape index (κ2) is 6.05. The summed E-state index contributed by atoms with van der Waals surface area (Å²) >= 11 is 1.18. The molecule has 21 heavy (non-hydrogen) atoms. The van der Waals surface area contributed by atoms with E-state index < -0.39 is 5.97 Å². The summed E-state index contributed by atoms with van der Waals surface area (Å²) in [7, 11) is 2.87. The summed E-state index contributed by atoms with van der Waals surface area (Å²) < 4.78 is 9.88.